The van der Waals surface area contributed by atoms with Gasteiger partial charge in [-0.3, -0.25) is 4.79 Å². The molecule has 0 radical (unpaired) electrons. The lowest BCUT2D eigenvalue weighted by molar-refractivity contribution is -0.148. The highest BCUT2D eigenvalue weighted by atomic mass is 16.5. The molecule has 2 heteroatoms. The fourth-order valence-corrected chi connectivity index (χ4v) is 1.65. The average molecular weight is 164 g/mol. The first kappa shape index (κ1) is 7.59. The molecule has 0 saturated carbocycles. The van der Waals surface area contributed by atoms with Crippen molar-refractivity contribution in [2.24, 2.45) is 5.92 Å². The highest BCUT2D eigenvalue weighted by Gasteiger charge is 2.24. The molecule has 0 N–H and O–H groups in total. The van der Waals surface area contributed by atoms with Crippen LogP contribution in [0.4, 0.5) is 0 Å². The third-order valence-corrected chi connectivity index (χ3v) is 2.35. The predicted molar refractivity (Wildman–Crippen MR) is 45.5 cm³/mol. The number of ether oxygens (including phenoxy) is 1. The van der Waals surface area contributed by atoms with Gasteiger partial charge in [-0.2, -0.15) is 0 Å². The zero-order valence-corrected chi connectivity index (χ0v) is 6.90. The minimum absolute atomic E-state index is 0.0000463. The Morgan fingerprint density at radius 2 is 2.08 bits per heavy atom. The van der Waals surface area contributed by atoms with Crippen molar-refractivity contribution < 1.29 is 9.53 Å². The van der Waals surface area contributed by atoms with Crippen molar-refractivity contribution in [2.75, 3.05) is 0 Å². The molecule has 1 saturated heterocycles. The molecule has 64 valence electrons. The van der Waals surface area contributed by atoms with Crippen LogP contribution in [0.15, 0.2) is 24.3 Å². The monoisotopic (exact) mass is 164 g/mol. The number of esters is 1. The normalized spacial score (nSPS) is 39.2. The van der Waals surface area contributed by atoms with Crippen LogP contribution in [0.2, 0.25) is 0 Å². The van der Waals surface area contributed by atoms with Gasteiger partial charge in [-0.05, 0) is 25.3 Å². The lowest BCUT2D eigenvalue weighted by Crippen LogP contribution is -2.19. The van der Waals surface area contributed by atoms with Gasteiger partial charge in [-0.25, -0.2) is 0 Å². The van der Waals surface area contributed by atoms with Crippen LogP contribution in [0.1, 0.15) is 19.3 Å². The zero-order chi connectivity index (χ0) is 8.39. The van der Waals surface area contributed by atoms with E-state index in [1.807, 2.05) is 24.3 Å². The van der Waals surface area contributed by atoms with Gasteiger partial charge in [0.1, 0.15) is 6.10 Å². The molecular weight excluding hydrogens is 152 g/mol. The number of rotatable bonds is 0. The number of hydrogen-bond acceptors (Lipinski definition) is 2. The molecule has 0 unspecified atom stereocenters. The summed E-state index contributed by atoms with van der Waals surface area (Å²) >= 11 is 0. The molecule has 0 spiro atoms. The third-order valence-electron chi connectivity index (χ3n) is 2.35. The average Bonchev–Trinajstić information content (AvgIpc) is 2.18. The Balaban J connectivity index is 2.27. The van der Waals surface area contributed by atoms with Crippen molar-refractivity contribution in [3.63, 3.8) is 0 Å². The summed E-state index contributed by atoms with van der Waals surface area (Å²) in [6.45, 7) is 0. The molecule has 2 aliphatic rings. The summed E-state index contributed by atoms with van der Waals surface area (Å²) in [5.41, 5.74) is 0. The van der Waals surface area contributed by atoms with E-state index in [1.165, 1.54) is 0 Å². The largest absolute Gasteiger partial charge is 0.458 e. The summed E-state index contributed by atoms with van der Waals surface area (Å²) in [7, 11) is 0. The summed E-state index contributed by atoms with van der Waals surface area (Å²) in [6, 6.07) is 0. The van der Waals surface area contributed by atoms with Gasteiger partial charge in [-0.1, -0.05) is 18.2 Å². The zero-order valence-electron chi connectivity index (χ0n) is 6.90. The minimum atomic E-state index is -0.0573. The van der Waals surface area contributed by atoms with Gasteiger partial charge in [-0.15, -0.1) is 0 Å². The Hall–Kier alpha value is -1.05. The number of carbonyl (C=O) groups is 1. The van der Waals surface area contributed by atoms with E-state index < -0.39 is 0 Å². The summed E-state index contributed by atoms with van der Waals surface area (Å²) in [4.78, 5) is 11.3. The maximum atomic E-state index is 11.3. The topological polar surface area (TPSA) is 26.3 Å². The Morgan fingerprint density at radius 3 is 3.00 bits per heavy atom. The molecule has 2 rings (SSSR count). The van der Waals surface area contributed by atoms with E-state index in [2.05, 4.69) is 0 Å². The van der Waals surface area contributed by atoms with Gasteiger partial charge in [0.25, 0.3) is 0 Å². The van der Waals surface area contributed by atoms with Crippen molar-refractivity contribution in [3.8, 4) is 0 Å². The van der Waals surface area contributed by atoms with Crippen molar-refractivity contribution in [2.45, 2.75) is 25.4 Å². The van der Waals surface area contributed by atoms with E-state index in [4.69, 9.17) is 4.74 Å². The standard InChI is InChI=1S/C10H12O2/c11-10-8-4-1-2-6-9(12-10)7-3-5-8/h1-2,4,6,8-9H,3,5,7H2/b4-1-,6-2-/t8-,9+/m1/s1. The lowest BCUT2D eigenvalue weighted by Gasteiger charge is -2.12. The summed E-state index contributed by atoms with van der Waals surface area (Å²) < 4.78 is 5.24. The van der Waals surface area contributed by atoms with E-state index in [9.17, 15) is 4.79 Å². The molecule has 12 heavy (non-hydrogen) atoms. The molecule has 2 heterocycles. The van der Waals surface area contributed by atoms with Crippen LogP contribution in [0.25, 0.3) is 0 Å². The Morgan fingerprint density at radius 1 is 1.25 bits per heavy atom. The van der Waals surface area contributed by atoms with Crippen LogP contribution in [-0.4, -0.2) is 12.1 Å². The molecule has 1 fully saturated rings. The molecule has 0 aliphatic carbocycles. The number of hydrogen-bond donors (Lipinski definition) is 0. The van der Waals surface area contributed by atoms with Crippen LogP contribution in [0.5, 0.6) is 0 Å². The van der Waals surface area contributed by atoms with E-state index in [0.29, 0.717) is 0 Å². The van der Waals surface area contributed by atoms with Crippen LogP contribution in [-0.2, 0) is 9.53 Å². The summed E-state index contributed by atoms with van der Waals surface area (Å²) in [6.07, 6.45) is 10.8. The predicted octanol–water partition coefficient (Wildman–Crippen LogP) is 1.82. The van der Waals surface area contributed by atoms with E-state index in [0.717, 1.165) is 19.3 Å². The van der Waals surface area contributed by atoms with Crippen LogP contribution < -0.4 is 0 Å². The highest BCUT2D eigenvalue weighted by Crippen LogP contribution is 2.22. The molecule has 0 aromatic rings. The van der Waals surface area contributed by atoms with Crippen LogP contribution >= 0.6 is 0 Å². The van der Waals surface area contributed by atoms with Gasteiger partial charge in [0, 0.05) is 0 Å². The first-order valence-corrected chi connectivity index (χ1v) is 4.42. The van der Waals surface area contributed by atoms with E-state index >= 15 is 0 Å². The number of fused-ring (bicyclic) bond motifs is 3. The molecular formula is C10H12O2. The van der Waals surface area contributed by atoms with Crippen molar-refractivity contribution in [1.29, 1.82) is 0 Å². The fourth-order valence-electron chi connectivity index (χ4n) is 1.65. The van der Waals surface area contributed by atoms with Crippen molar-refractivity contribution in [3.05, 3.63) is 24.3 Å². The van der Waals surface area contributed by atoms with Crippen LogP contribution in [0.3, 0.4) is 0 Å². The molecule has 2 nitrogen and oxygen atoms in total. The number of allylic oxidation sites excluding steroid dienone is 2. The first-order chi connectivity index (χ1) is 5.86. The summed E-state index contributed by atoms with van der Waals surface area (Å²) in [5.74, 6) is -0.0574. The van der Waals surface area contributed by atoms with Crippen LogP contribution in [0, 0.1) is 5.92 Å². The SMILES string of the molecule is O=C1O[C@H]2/C=C\C=C/[C@@H]1CCC2. The number of carbonyl (C=O) groups excluding carboxylic acids is 1. The second-order valence-electron chi connectivity index (χ2n) is 3.28. The van der Waals surface area contributed by atoms with Gasteiger partial charge in [0.15, 0.2) is 0 Å². The lowest BCUT2D eigenvalue weighted by atomic mass is 10.0. The minimum Gasteiger partial charge on any atom is -0.458 e. The van der Waals surface area contributed by atoms with Crippen molar-refractivity contribution in [1.82, 2.24) is 0 Å². The first-order valence-electron chi connectivity index (χ1n) is 4.42. The molecule has 2 aliphatic heterocycles. The molecule has 2 bridgehead atoms. The highest BCUT2D eigenvalue weighted by molar-refractivity contribution is 5.75. The van der Waals surface area contributed by atoms with Gasteiger partial charge >= 0.3 is 5.97 Å². The maximum Gasteiger partial charge on any atom is 0.313 e. The van der Waals surface area contributed by atoms with Crippen molar-refractivity contribution >= 4 is 5.97 Å². The summed E-state index contributed by atoms with van der Waals surface area (Å²) in [5, 5.41) is 0. The molecule has 0 amide bonds. The molecule has 0 aromatic carbocycles. The van der Waals surface area contributed by atoms with Gasteiger partial charge < -0.3 is 4.74 Å². The Bertz CT molecular complexity index is 240. The van der Waals surface area contributed by atoms with Gasteiger partial charge in [0.2, 0.25) is 0 Å². The second kappa shape index (κ2) is 3.13. The smallest absolute Gasteiger partial charge is 0.313 e. The van der Waals surface area contributed by atoms with Gasteiger partial charge in [0.05, 0.1) is 5.92 Å². The molecule has 0 aromatic heterocycles. The van der Waals surface area contributed by atoms with E-state index in [1.54, 1.807) is 0 Å². The van der Waals surface area contributed by atoms with E-state index in [-0.39, 0.29) is 18.0 Å². The Labute approximate surface area is 71.9 Å². The fraction of sp³-hybridized carbons (Fsp3) is 0.500. The second-order valence-corrected chi connectivity index (χ2v) is 3.28. The maximum absolute atomic E-state index is 11.3. The molecule has 2 atom stereocenters. The quantitative estimate of drug-likeness (QED) is 0.510. The Kier molecular flexibility index (Phi) is 1.98. The third kappa shape index (κ3) is 1.42.